The average molecular weight is 367 g/mol. The van der Waals surface area contributed by atoms with Gasteiger partial charge in [-0.25, -0.2) is 0 Å². The lowest BCUT2D eigenvalue weighted by molar-refractivity contribution is -0.119. The molecule has 144 valence electrons. The van der Waals surface area contributed by atoms with E-state index in [-0.39, 0.29) is 11.9 Å². The summed E-state index contributed by atoms with van der Waals surface area (Å²) < 4.78 is 5.48. The van der Waals surface area contributed by atoms with Crippen molar-refractivity contribution < 1.29 is 9.53 Å². The molecule has 2 aromatic rings. The number of hydrogen-bond acceptors (Lipinski definition) is 3. The van der Waals surface area contributed by atoms with E-state index in [0.717, 1.165) is 30.8 Å². The summed E-state index contributed by atoms with van der Waals surface area (Å²) in [4.78, 5) is 13.8. The number of nitrogens with one attached hydrogen (secondary N) is 1. The Kier molecular flexibility index (Phi) is 5.85. The monoisotopic (exact) mass is 366 g/mol. The molecule has 1 aliphatic heterocycles. The molecule has 0 saturated carbocycles. The van der Waals surface area contributed by atoms with Crippen LogP contribution in [0.25, 0.3) is 0 Å². The standard InChI is InChI=1S/C23H30N2O2/c1-15-21-12-13-25(17(3)22(21)10-11-23(15)27-5)14-19-6-8-20(9-7-19)16(2)24-18(4)26/h6-11,16-17H,12-14H2,1-5H3,(H,24,26)/t16-,17-/m0/s1. The minimum absolute atomic E-state index is 0.000641. The second kappa shape index (κ2) is 8.13. The summed E-state index contributed by atoms with van der Waals surface area (Å²) >= 11 is 0. The van der Waals surface area contributed by atoms with E-state index in [9.17, 15) is 4.79 Å². The second-order valence-electron chi connectivity index (χ2n) is 7.52. The first-order chi connectivity index (χ1) is 12.9. The lowest BCUT2D eigenvalue weighted by Crippen LogP contribution is -2.34. The van der Waals surface area contributed by atoms with E-state index < -0.39 is 0 Å². The van der Waals surface area contributed by atoms with E-state index in [2.05, 4.69) is 60.5 Å². The van der Waals surface area contributed by atoms with Crippen LogP contribution in [0.3, 0.4) is 0 Å². The number of benzene rings is 2. The zero-order valence-electron chi connectivity index (χ0n) is 17.0. The maximum atomic E-state index is 11.2. The number of methoxy groups -OCH3 is 1. The first kappa shape index (κ1) is 19.4. The third kappa shape index (κ3) is 4.16. The van der Waals surface area contributed by atoms with Crippen molar-refractivity contribution in [1.29, 1.82) is 0 Å². The summed E-state index contributed by atoms with van der Waals surface area (Å²) in [6.45, 7) is 9.99. The Balaban J connectivity index is 1.72. The zero-order chi connectivity index (χ0) is 19.6. The summed E-state index contributed by atoms with van der Waals surface area (Å²) in [5.41, 5.74) is 6.56. The van der Waals surface area contributed by atoms with Crippen LogP contribution in [0.2, 0.25) is 0 Å². The topological polar surface area (TPSA) is 41.6 Å². The molecular formula is C23H30N2O2. The van der Waals surface area contributed by atoms with Crippen molar-refractivity contribution in [3.05, 3.63) is 64.2 Å². The van der Waals surface area contributed by atoms with Gasteiger partial charge in [0, 0.05) is 26.1 Å². The number of nitrogens with zero attached hydrogens (tertiary/aromatic N) is 1. The van der Waals surface area contributed by atoms with Crippen molar-refractivity contribution in [2.45, 2.75) is 52.7 Å². The first-order valence-electron chi connectivity index (χ1n) is 9.67. The molecule has 3 rings (SSSR count). The van der Waals surface area contributed by atoms with Crippen molar-refractivity contribution in [3.63, 3.8) is 0 Å². The summed E-state index contributed by atoms with van der Waals surface area (Å²) in [6.07, 6.45) is 1.06. The quantitative estimate of drug-likeness (QED) is 0.857. The van der Waals surface area contributed by atoms with Gasteiger partial charge in [-0.3, -0.25) is 9.69 Å². The molecule has 0 fully saturated rings. The van der Waals surface area contributed by atoms with Gasteiger partial charge in [-0.2, -0.15) is 0 Å². The van der Waals surface area contributed by atoms with Crippen LogP contribution in [0.4, 0.5) is 0 Å². The van der Waals surface area contributed by atoms with E-state index in [1.807, 2.05) is 6.92 Å². The molecule has 1 amide bonds. The van der Waals surface area contributed by atoms with Crippen molar-refractivity contribution in [2.24, 2.45) is 0 Å². The zero-order valence-corrected chi connectivity index (χ0v) is 17.0. The highest BCUT2D eigenvalue weighted by Gasteiger charge is 2.26. The van der Waals surface area contributed by atoms with Gasteiger partial charge in [0.05, 0.1) is 13.2 Å². The van der Waals surface area contributed by atoms with Crippen molar-refractivity contribution in [3.8, 4) is 5.75 Å². The number of ether oxygens (including phenoxy) is 1. The number of amides is 1. The summed E-state index contributed by atoms with van der Waals surface area (Å²) in [7, 11) is 1.74. The number of hydrogen-bond donors (Lipinski definition) is 1. The minimum atomic E-state index is -0.000641. The summed E-state index contributed by atoms with van der Waals surface area (Å²) in [5, 5.41) is 2.93. The third-order valence-electron chi connectivity index (χ3n) is 5.74. The number of carbonyl (C=O) groups is 1. The van der Waals surface area contributed by atoms with Gasteiger partial charge in [-0.1, -0.05) is 30.3 Å². The molecule has 0 bridgehead atoms. The van der Waals surface area contributed by atoms with Crippen LogP contribution in [0.1, 0.15) is 60.7 Å². The molecule has 4 nitrogen and oxygen atoms in total. The van der Waals surface area contributed by atoms with Crippen molar-refractivity contribution in [1.82, 2.24) is 10.2 Å². The van der Waals surface area contributed by atoms with E-state index in [4.69, 9.17) is 4.74 Å². The average Bonchev–Trinajstić information content (AvgIpc) is 2.64. The van der Waals surface area contributed by atoms with E-state index >= 15 is 0 Å². The molecule has 2 aromatic carbocycles. The second-order valence-corrected chi connectivity index (χ2v) is 7.52. The Morgan fingerprint density at radius 1 is 1.26 bits per heavy atom. The molecule has 1 N–H and O–H groups in total. The number of rotatable bonds is 5. The number of fused-ring (bicyclic) bond motifs is 1. The predicted molar refractivity (Wildman–Crippen MR) is 109 cm³/mol. The molecule has 0 radical (unpaired) electrons. The number of carbonyl (C=O) groups excluding carboxylic acids is 1. The Morgan fingerprint density at radius 2 is 1.96 bits per heavy atom. The predicted octanol–water partition coefficient (Wildman–Crippen LogP) is 4.32. The van der Waals surface area contributed by atoms with E-state index in [1.54, 1.807) is 14.0 Å². The Morgan fingerprint density at radius 3 is 2.59 bits per heavy atom. The minimum Gasteiger partial charge on any atom is -0.496 e. The van der Waals surface area contributed by atoms with Crippen LogP contribution >= 0.6 is 0 Å². The fraction of sp³-hybridized carbons (Fsp3) is 0.435. The molecule has 27 heavy (non-hydrogen) atoms. The van der Waals surface area contributed by atoms with Gasteiger partial charge in [-0.15, -0.1) is 0 Å². The van der Waals surface area contributed by atoms with Gasteiger partial charge in [-0.05, 0) is 61.1 Å². The van der Waals surface area contributed by atoms with Crippen LogP contribution in [0, 0.1) is 6.92 Å². The van der Waals surface area contributed by atoms with Crippen LogP contribution in [0.15, 0.2) is 36.4 Å². The molecule has 1 aliphatic rings. The molecule has 4 heteroatoms. The molecule has 0 spiro atoms. The lowest BCUT2D eigenvalue weighted by Gasteiger charge is -2.36. The smallest absolute Gasteiger partial charge is 0.217 e. The highest BCUT2D eigenvalue weighted by atomic mass is 16.5. The largest absolute Gasteiger partial charge is 0.496 e. The van der Waals surface area contributed by atoms with Crippen molar-refractivity contribution in [2.75, 3.05) is 13.7 Å². The summed E-state index contributed by atoms with van der Waals surface area (Å²) in [5.74, 6) is 0.984. The first-order valence-corrected chi connectivity index (χ1v) is 9.67. The van der Waals surface area contributed by atoms with E-state index in [0.29, 0.717) is 6.04 Å². The third-order valence-corrected chi connectivity index (χ3v) is 5.74. The van der Waals surface area contributed by atoms with Gasteiger partial charge in [0.1, 0.15) is 5.75 Å². The van der Waals surface area contributed by atoms with Gasteiger partial charge < -0.3 is 10.1 Å². The molecule has 0 unspecified atom stereocenters. The molecule has 0 aliphatic carbocycles. The molecule has 2 atom stereocenters. The molecule has 1 heterocycles. The van der Waals surface area contributed by atoms with Crippen LogP contribution in [-0.2, 0) is 17.8 Å². The normalized spacial score (nSPS) is 17.9. The van der Waals surface area contributed by atoms with Crippen LogP contribution in [-0.4, -0.2) is 24.5 Å². The SMILES string of the molecule is COc1ccc2c(c1C)CCN(Cc1ccc([C@H](C)NC(C)=O)cc1)[C@H]2C. The van der Waals surface area contributed by atoms with Crippen LogP contribution < -0.4 is 10.1 Å². The van der Waals surface area contributed by atoms with Crippen molar-refractivity contribution >= 4 is 5.91 Å². The molecule has 0 aromatic heterocycles. The Labute approximate surface area is 162 Å². The summed E-state index contributed by atoms with van der Waals surface area (Å²) in [6, 6.07) is 13.3. The van der Waals surface area contributed by atoms with Gasteiger partial charge >= 0.3 is 0 Å². The highest BCUT2D eigenvalue weighted by molar-refractivity contribution is 5.73. The van der Waals surface area contributed by atoms with Gasteiger partial charge in [0.2, 0.25) is 5.91 Å². The van der Waals surface area contributed by atoms with Gasteiger partial charge in [0.15, 0.2) is 0 Å². The Bertz CT molecular complexity index is 814. The highest BCUT2D eigenvalue weighted by Crippen LogP contribution is 2.35. The molecule has 0 saturated heterocycles. The Hall–Kier alpha value is -2.33. The molecular weight excluding hydrogens is 336 g/mol. The fourth-order valence-corrected chi connectivity index (χ4v) is 4.10. The van der Waals surface area contributed by atoms with E-state index in [1.165, 1.54) is 22.3 Å². The maximum absolute atomic E-state index is 11.2. The van der Waals surface area contributed by atoms with Crippen LogP contribution in [0.5, 0.6) is 5.75 Å². The van der Waals surface area contributed by atoms with Gasteiger partial charge in [0.25, 0.3) is 0 Å². The maximum Gasteiger partial charge on any atom is 0.217 e. The lowest BCUT2D eigenvalue weighted by atomic mass is 9.89. The fourth-order valence-electron chi connectivity index (χ4n) is 4.10.